The highest BCUT2D eigenvalue weighted by molar-refractivity contribution is 7.98. The lowest BCUT2D eigenvalue weighted by atomic mass is 9.53. The lowest BCUT2D eigenvalue weighted by Crippen LogP contribution is -2.51. The van der Waals surface area contributed by atoms with Crippen molar-refractivity contribution in [3.63, 3.8) is 0 Å². The molecule has 0 heterocycles. The quantitative estimate of drug-likeness (QED) is 0.470. The van der Waals surface area contributed by atoms with Gasteiger partial charge in [-0.25, -0.2) is 0 Å². The van der Waals surface area contributed by atoms with E-state index in [4.69, 9.17) is 0 Å². The first-order chi connectivity index (χ1) is 15.6. The van der Waals surface area contributed by atoms with E-state index < -0.39 is 5.60 Å². The monoisotopic (exact) mass is 464 g/mol. The van der Waals surface area contributed by atoms with Crippen molar-refractivity contribution in [1.82, 2.24) is 0 Å². The fourth-order valence-corrected chi connectivity index (χ4v) is 8.12. The minimum atomic E-state index is -0.619. The predicted molar refractivity (Wildman–Crippen MR) is 138 cm³/mol. The molecule has 2 aromatic rings. The van der Waals surface area contributed by atoms with Crippen LogP contribution in [0.1, 0.15) is 88.0 Å². The summed E-state index contributed by atoms with van der Waals surface area (Å²) >= 11 is 1.64. The molecule has 2 saturated carbocycles. The van der Waals surface area contributed by atoms with Crippen LogP contribution in [0.2, 0.25) is 0 Å². The van der Waals surface area contributed by atoms with Crippen molar-refractivity contribution in [1.29, 1.82) is 0 Å². The minimum Gasteiger partial charge on any atom is -0.507 e. The van der Waals surface area contributed by atoms with Gasteiger partial charge in [-0.1, -0.05) is 52.0 Å². The third-order valence-electron chi connectivity index (χ3n) is 9.66. The maximum Gasteiger partial charge on any atom is 0.129 e. The Morgan fingerprint density at radius 1 is 1.03 bits per heavy atom. The van der Waals surface area contributed by atoms with Gasteiger partial charge in [-0.2, -0.15) is 0 Å². The molecule has 0 bridgehead atoms. The van der Waals surface area contributed by atoms with E-state index in [9.17, 15) is 10.2 Å². The van der Waals surface area contributed by atoms with E-state index in [1.54, 1.807) is 11.8 Å². The van der Waals surface area contributed by atoms with Crippen LogP contribution in [0.3, 0.4) is 0 Å². The largest absolute Gasteiger partial charge is 0.507 e. The number of aromatic hydroxyl groups is 1. The van der Waals surface area contributed by atoms with Gasteiger partial charge in [0.1, 0.15) is 5.75 Å². The molecule has 0 saturated heterocycles. The molecule has 3 heteroatoms. The molecule has 5 atom stereocenters. The molecule has 3 aliphatic carbocycles. The van der Waals surface area contributed by atoms with E-state index in [-0.39, 0.29) is 10.8 Å². The van der Waals surface area contributed by atoms with Crippen LogP contribution in [-0.2, 0) is 18.3 Å². The Morgan fingerprint density at radius 3 is 2.42 bits per heavy atom. The van der Waals surface area contributed by atoms with Crippen LogP contribution in [0.25, 0.3) is 0 Å². The second kappa shape index (κ2) is 8.05. The van der Waals surface area contributed by atoms with Crippen LogP contribution in [0.4, 0.5) is 0 Å². The molecule has 2 N–H and O–H groups in total. The van der Waals surface area contributed by atoms with Gasteiger partial charge in [0.2, 0.25) is 0 Å². The molecule has 0 spiro atoms. The van der Waals surface area contributed by atoms with Crippen molar-refractivity contribution in [3.05, 3.63) is 58.7 Å². The lowest BCUT2D eigenvalue weighted by molar-refractivity contribution is -0.102. The molecule has 2 nitrogen and oxygen atoms in total. The van der Waals surface area contributed by atoms with E-state index in [1.165, 1.54) is 28.7 Å². The third kappa shape index (κ3) is 3.74. The molecule has 5 rings (SSSR count). The third-order valence-corrected chi connectivity index (χ3v) is 10.4. The maximum atomic E-state index is 12.1. The molecule has 3 aliphatic rings. The number of aliphatic hydroxyl groups is 1. The molecule has 33 heavy (non-hydrogen) atoms. The number of benzene rings is 2. The fraction of sp³-hybridized carbons (Fsp3) is 0.600. The molecule has 5 unspecified atom stereocenters. The minimum absolute atomic E-state index is 0.0202. The lowest BCUT2D eigenvalue weighted by Gasteiger charge is -2.53. The van der Waals surface area contributed by atoms with Gasteiger partial charge in [-0.3, -0.25) is 0 Å². The SMILES string of the molecule is CSc1cc2c(cc1O)CCC1C2CCC2(C)C1CCC2(O)Cc1ccc(C(C)(C)C)cc1. The van der Waals surface area contributed by atoms with Crippen molar-refractivity contribution in [3.8, 4) is 5.75 Å². The van der Waals surface area contributed by atoms with Gasteiger partial charge in [0.05, 0.1) is 5.60 Å². The summed E-state index contributed by atoms with van der Waals surface area (Å²) in [6, 6.07) is 13.3. The van der Waals surface area contributed by atoms with Crippen LogP contribution >= 0.6 is 11.8 Å². The summed E-state index contributed by atoms with van der Waals surface area (Å²) in [4.78, 5) is 1.00. The normalized spacial score (nSPS) is 33.3. The number of aryl methyl sites for hydroxylation is 1. The average Bonchev–Trinajstić information content (AvgIpc) is 3.03. The Hall–Kier alpha value is -1.45. The summed E-state index contributed by atoms with van der Waals surface area (Å²) in [6.07, 6.45) is 9.34. The molecule has 2 fully saturated rings. The molecule has 0 aromatic heterocycles. The Labute approximate surface area is 204 Å². The maximum absolute atomic E-state index is 12.1. The van der Waals surface area contributed by atoms with E-state index >= 15 is 0 Å². The first kappa shape index (κ1) is 23.3. The van der Waals surface area contributed by atoms with Gasteiger partial charge < -0.3 is 10.2 Å². The Morgan fingerprint density at radius 2 is 1.76 bits per heavy atom. The van der Waals surface area contributed by atoms with Gasteiger partial charge in [0.25, 0.3) is 0 Å². The molecular formula is C30H40O2S. The predicted octanol–water partition coefficient (Wildman–Crippen LogP) is 7.24. The van der Waals surface area contributed by atoms with Crippen LogP contribution in [0, 0.1) is 17.3 Å². The van der Waals surface area contributed by atoms with Crippen molar-refractivity contribution < 1.29 is 10.2 Å². The second-order valence-corrected chi connectivity index (χ2v) is 13.1. The zero-order valence-electron chi connectivity index (χ0n) is 20.9. The number of phenolic OH excluding ortho intramolecular Hbond substituents is 1. The highest BCUT2D eigenvalue weighted by Gasteiger charge is 2.61. The van der Waals surface area contributed by atoms with Crippen LogP contribution < -0.4 is 0 Å². The van der Waals surface area contributed by atoms with Crippen LogP contribution in [-0.4, -0.2) is 22.1 Å². The summed E-state index contributed by atoms with van der Waals surface area (Å²) in [7, 11) is 0. The second-order valence-electron chi connectivity index (χ2n) is 12.3. The van der Waals surface area contributed by atoms with Gasteiger partial charge in [-0.05, 0) is 108 Å². The van der Waals surface area contributed by atoms with Gasteiger partial charge in [0.15, 0.2) is 0 Å². The summed E-state index contributed by atoms with van der Waals surface area (Å²) in [5, 5.41) is 22.5. The van der Waals surface area contributed by atoms with Crippen molar-refractivity contribution in [2.24, 2.45) is 17.3 Å². The Kier molecular flexibility index (Phi) is 5.69. The summed E-state index contributed by atoms with van der Waals surface area (Å²) < 4.78 is 0. The van der Waals surface area contributed by atoms with Crippen molar-refractivity contribution in [2.45, 2.75) is 94.5 Å². The van der Waals surface area contributed by atoms with E-state index in [0.717, 1.165) is 43.4 Å². The van der Waals surface area contributed by atoms with E-state index in [2.05, 4.69) is 58.0 Å². The highest BCUT2D eigenvalue weighted by Crippen LogP contribution is 2.65. The van der Waals surface area contributed by atoms with Crippen LogP contribution in [0.15, 0.2) is 41.3 Å². The van der Waals surface area contributed by atoms with E-state index in [1.807, 2.05) is 12.3 Å². The molecule has 0 radical (unpaired) electrons. The molecule has 0 amide bonds. The Balaban J connectivity index is 1.40. The summed E-state index contributed by atoms with van der Waals surface area (Å²) in [5.74, 6) is 2.24. The average molecular weight is 465 g/mol. The topological polar surface area (TPSA) is 40.5 Å². The van der Waals surface area contributed by atoms with Crippen molar-refractivity contribution in [2.75, 3.05) is 6.26 Å². The zero-order chi connectivity index (χ0) is 23.6. The first-order valence-electron chi connectivity index (χ1n) is 12.8. The van der Waals surface area contributed by atoms with Crippen LogP contribution in [0.5, 0.6) is 5.75 Å². The Bertz CT molecular complexity index is 1040. The number of thioether (sulfide) groups is 1. The number of hydrogen-bond donors (Lipinski definition) is 2. The number of phenols is 1. The molecule has 178 valence electrons. The fourth-order valence-electron chi connectivity index (χ4n) is 7.61. The van der Waals surface area contributed by atoms with Gasteiger partial charge in [-0.15, -0.1) is 11.8 Å². The molecule has 2 aromatic carbocycles. The smallest absolute Gasteiger partial charge is 0.129 e. The number of hydrogen-bond acceptors (Lipinski definition) is 3. The molecular weight excluding hydrogens is 424 g/mol. The standard InChI is InChI=1S/C30H40O2S/c1-28(2,3)21-9-6-19(7-10-21)18-30(32)15-13-25-23-11-8-20-16-26(31)27(33-5)17-24(20)22(23)12-14-29(25,30)4/h6-7,9-10,16-17,22-23,25,31-32H,8,11-15,18H2,1-5H3. The summed E-state index contributed by atoms with van der Waals surface area (Å²) in [6.45, 7) is 9.15. The summed E-state index contributed by atoms with van der Waals surface area (Å²) in [5.41, 5.74) is 4.96. The highest BCUT2D eigenvalue weighted by atomic mass is 32.2. The van der Waals surface area contributed by atoms with Gasteiger partial charge in [0, 0.05) is 11.3 Å². The number of fused-ring (bicyclic) bond motifs is 5. The van der Waals surface area contributed by atoms with Gasteiger partial charge >= 0.3 is 0 Å². The zero-order valence-corrected chi connectivity index (χ0v) is 21.8. The number of rotatable bonds is 3. The van der Waals surface area contributed by atoms with Crippen molar-refractivity contribution >= 4 is 11.8 Å². The van der Waals surface area contributed by atoms with E-state index in [0.29, 0.717) is 23.5 Å². The molecule has 0 aliphatic heterocycles. The first-order valence-corrected chi connectivity index (χ1v) is 14.0.